The number of hydrogen-bond acceptors (Lipinski definition) is 3. The molecule has 3 N–H and O–H groups in total. The van der Waals surface area contributed by atoms with Crippen LogP contribution in [0.4, 0.5) is 0 Å². The minimum absolute atomic E-state index is 0.143. The second-order valence-electron chi connectivity index (χ2n) is 5.70. The molecule has 0 saturated carbocycles. The Kier molecular flexibility index (Phi) is 4.12. The van der Waals surface area contributed by atoms with Gasteiger partial charge in [-0.15, -0.1) is 0 Å². The Hall–Kier alpha value is -2.66. The Balaban J connectivity index is 1.74. The van der Waals surface area contributed by atoms with E-state index in [1.165, 1.54) is 0 Å². The number of aromatic nitrogens is 2. The summed E-state index contributed by atoms with van der Waals surface area (Å²) in [6.07, 6.45) is -0.743. The molecule has 5 heteroatoms. The molecule has 0 aliphatic carbocycles. The SMILES string of the molecule is Cc1ccc2[nH]nc(C(=O)NCC(O)c3ccccc3C)c2c1. The van der Waals surface area contributed by atoms with Gasteiger partial charge in [-0.1, -0.05) is 35.9 Å². The van der Waals surface area contributed by atoms with Gasteiger partial charge in [0.25, 0.3) is 5.91 Å². The number of carbonyl (C=O) groups excluding carboxylic acids is 1. The lowest BCUT2D eigenvalue weighted by molar-refractivity contribution is 0.0912. The zero-order chi connectivity index (χ0) is 16.4. The molecule has 0 aliphatic heterocycles. The Morgan fingerprint density at radius 3 is 2.83 bits per heavy atom. The number of benzene rings is 2. The molecule has 1 amide bonds. The summed E-state index contributed by atoms with van der Waals surface area (Å²) in [5.74, 6) is -0.297. The zero-order valence-electron chi connectivity index (χ0n) is 13.1. The van der Waals surface area contributed by atoms with E-state index in [-0.39, 0.29) is 12.5 Å². The largest absolute Gasteiger partial charge is 0.387 e. The number of carbonyl (C=O) groups is 1. The lowest BCUT2D eigenvalue weighted by Gasteiger charge is -2.14. The Morgan fingerprint density at radius 1 is 1.26 bits per heavy atom. The van der Waals surface area contributed by atoms with Crippen molar-refractivity contribution in [3.05, 3.63) is 64.8 Å². The number of aromatic amines is 1. The molecule has 0 aliphatic rings. The fourth-order valence-corrected chi connectivity index (χ4v) is 2.64. The molecule has 2 aromatic carbocycles. The van der Waals surface area contributed by atoms with Gasteiger partial charge in [0.15, 0.2) is 5.69 Å². The number of aliphatic hydroxyl groups is 1. The van der Waals surface area contributed by atoms with Crippen LogP contribution in [0.3, 0.4) is 0 Å². The molecular weight excluding hydrogens is 290 g/mol. The minimum Gasteiger partial charge on any atom is -0.387 e. The molecule has 23 heavy (non-hydrogen) atoms. The summed E-state index contributed by atoms with van der Waals surface area (Å²) in [4.78, 5) is 12.3. The first-order chi connectivity index (χ1) is 11.1. The van der Waals surface area contributed by atoms with Gasteiger partial charge in [0.1, 0.15) is 0 Å². The average molecular weight is 309 g/mol. The van der Waals surface area contributed by atoms with Gasteiger partial charge in [-0.2, -0.15) is 5.10 Å². The summed E-state index contributed by atoms with van der Waals surface area (Å²) in [5.41, 5.74) is 4.04. The smallest absolute Gasteiger partial charge is 0.272 e. The highest BCUT2D eigenvalue weighted by atomic mass is 16.3. The third kappa shape index (κ3) is 3.10. The molecule has 1 heterocycles. The summed E-state index contributed by atoms with van der Waals surface area (Å²) in [5, 5.41) is 20.7. The van der Waals surface area contributed by atoms with E-state index in [1.807, 2.05) is 56.3 Å². The maximum atomic E-state index is 12.3. The van der Waals surface area contributed by atoms with E-state index < -0.39 is 6.10 Å². The molecule has 0 saturated heterocycles. The van der Waals surface area contributed by atoms with Gasteiger partial charge in [-0.25, -0.2) is 0 Å². The number of aryl methyl sites for hydroxylation is 2. The van der Waals surface area contributed by atoms with Crippen LogP contribution in [-0.4, -0.2) is 27.8 Å². The number of nitrogens with zero attached hydrogens (tertiary/aromatic N) is 1. The van der Waals surface area contributed by atoms with E-state index in [0.717, 1.165) is 27.6 Å². The lowest BCUT2D eigenvalue weighted by atomic mass is 10.0. The van der Waals surface area contributed by atoms with Gasteiger partial charge >= 0.3 is 0 Å². The van der Waals surface area contributed by atoms with Crippen molar-refractivity contribution in [2.45, 2.75) is 20.0 Å². The van der Waals surface area contributed by atoms with Gasteiger partial charge < -0.3 is 10.4 Å². The van der Waals surface area contributed by atoms with Crippen LogP contribution in [0.25, 0.3) is 10.9 Å². The molecular formula is C18H19N3O2. The molecule has 1 atom stereocenters. The maximum Gasteiger partial charge on any atom is 0.272 e. The molecule has 0 radical (unpaired) electrons. The van der Waals surface area contributed by atoms with Crippen molar-refractivity contribution in [2.75, 3.05) is 6.54 Å². The second-order valence-corrected chi connectivity index (χ2v) is 5.70. The standard InChI is InChI=1S/C18H19N3O2/c1-11-7-8-15-14(9-11)17(21-20-15)18(23)19-10-16(22)13-6-4-3-5-12(13)2/h3-9,16,22H,10H2,1-2H3,(H,19,23)(H,20,21). The minimum atomic E-state index is -0.743. The first-order valence-corrected chi connectivity index (χ1v) is 7.53. The topological polar surface area (TPSA) is 78.0 Å². The maximum absolute atomic E-state index is 12.3. The Morgan fingerprint density at radius 2 is 2.04 bits per heavy atom. The van der Waals surface area contributed by atoms with Crippen LogP contribution in [0.15, 0.2) is 42.5 Å². The monoisotopic (exact) mass is 309 g/mol. The molecule has 5 nitrogen and oxygen atoms in total. The fourth-order valence-electron chi connectivity index (χ4n) is 2.64. The molecule has 0 spiro atoms. The third-order valence-electron chi connectivity index (χ3n) is 3.94. The highest BCUT2D eigenvalue weighted by Gasteiger charge is 2.16. The van der Waals surface area contributed by atoms with Crippen LogP contribution in [0.2, 0.25) is 0 Å². The van der Waals surface area contributed by atoms with Crippen molar-refractivity contribution < 1.29 is 9.90 Å². The number of H-pyrrole nitrogens is 1. The number of hydrogen-bond donors (Lipinski definition) is 3. The van der Waals surface area contributed by atoms with E-state index in [0.29, 0.717) is 5.69 Å². The van der Waals surface area contributed by atoms with E-state index in [1.54, 1.807) is 0 Å². The molecule has 3 aromatic rings. The summed E-state index contributed by atoms with van der Waals surface area (Å²) >= 11 is 0. The zero-order valence-corrected chi connectivity index (χ0v) is 13.1. The van der Waals surface area contributed by atoms with Crippen LogP contribution in [0.5, 0.6) is 0 Å². The number of rotatable bonds is 4. The quantitative estimate of drug-likeness (QED) is 0.693. The first kappa shape index (κ1) is 15.2. The Labute approximate surface area is 134 Å². The molecule has 0 bridgehead atoms. The van der Waals surface area contributed by atoms with Crippen molar-refractivity contribution in [1.82, 2.24) is 15.5 Å². The predicted octanol–water partition coefficient (Wildman–Crippen LogP) is 2.64. The highest BCUT2D eigenvalue weighted by Crippen LogP contribution is 2.19. The van der Waals surface area contributed by atoms with Crippen molar-refractivity contribution in [3.63, 3.8) is 0 Å². The normalized spacial score (nSPS) is 12.3. The van der Waals surface area contributed by atoms with E-state index in [2.05, 4.69) is 15.5 Å². The van der Waals surface area contributed by atoms with Gasteiger partial charge in [0, 0.05) is 11.9 Å². The van der Waals surface area contributed by atoms with Gasteiger partial charge in [-0.3, -0.25) is 9.89 Å². The molecule has 1 unspecified atom stereocenters. The summed E-state index contributed by atoms with van der Waals surface area (Å²) in [6.45, 7) is 4.05. The van der Waals surface area contributed by atoms with Crippen molar-refractivity contribution in [2.24, 2.45) is 0 Å². The number of amides is 1. The Bertz CT molecular complexity index is 854. The number of nitrogens with one attached hydrogen (secondary N) is 2. The fraction of sp³-hybridized carbons (Fsp3) is 0.222. The molecule has 1 aromatic heterocycles. The molecule has 3 rings (SSSR count). The van der Waals surface area contributed by atoms with Gasteiger partial charge in [-0.05, 0) is 37.1 Å². The first-order valence-electron chi connectivity index (χ1n) is 7.53. The summed E-state index contributed by atoms with van der Waals surface area (Å²) < 4.78 is 0. The van der Waals surface area contributed by atoms with Crippen LogP contribution in [0.1, 0.15) is 33.3 Å². The van der Waals surface area contributed by atoms with E-state index in [4.69, 9.17) is 0 Å². The van der Waals surface area contributed by atoms with Gasteiger partial charge in [0.2, 0.25) is 0 Å². The molecule has 118 valence electrons. The van der Waals surface area contributed by atoms with E-state index >= 15 is 0 Å². The highest BCUT2D eigenvalue weighted by molar-refractivity contribution is 6.04. The van der Waals surface area contributed by atoms with Crippen LogP contribution >= 0.6 is 0 Å². The van der Waals surface area contributed by atoms with E-state index in [9.17, 15) is 9.90 Å². The second kappa shape index (κ2) is 6.22. The van der Waals surface area contributed by atoms with Crippen molar-refractivity contribution in [3.8, 4) is 0 Å². The van der Waals surface area contributed by atoms with Crippen molar-refractivity contribution >= 4 is 16.8 Å². The van der Waals surface area contributed by atoms with Crippen LogP contribution < -0.4 is 5.32 Å². The van der Waals surface area contributed by atoms with Crippen LogP contribution in [0, 0.1) is 13.8 Å². The number of fused-ring (bicyclic) bond motifs is 1. The van der Waals surface area contributed by atoms with Gasteiger partial charge in [0.05, 0.1) is 11.6 Å². The van der Waals surface area contributed by atoms with Crippen LogP contribution in [-0.2, 0) is 0 Å². The third-order valence-corrected chi connectivity index (χ3v) is 3.94. The summed E-state index contributed by atoms with van der Waals surface area (Å²) in [7, 11) is 0. The average Bonchev–Trinajstić information content (AvgIpc) is 2.95. The number of aliphatic hydroxyl groups excluding tert-OH is 1. The summed E-state index contributed by atoms with van der Waals surface area (Å²) in [6, 6.07) is 13.4. The van der Waals surface area contributed by atoms with Crippen molar-refractivity contribution in [1.29, 1.82) is 0 Å². The molecule has 0 fully saturated rings. The predicted molar refractivity (Wildman–Crippen MR) is 89.3 cm³/mol. The lowest BCUT2D eigenvalue weighted by Crippen LogP contribution is -2.29.